The second-order valence-electron chi connectivity index (χ2n) is 4.50. The molecule has 0 saturated carbocycles. The Balaban J connectivity index is 2.51. The first-order chi connectivity index (χ1) is 7.61. The van der Waals surface area contributed by atoms with Crippen molar-refractivity contribution in [2.75, 3.05) is 13.1 Å². The van der Waals surface area contributed by atoms with Crippen LogP contribution in [0.2, 0.25) is 0 Å². The molecule has 1 aromatic rings. The minimum absolute atomic E-state index is 0.187. The van der Waals surface area contributed by atoms with Gasteiger partial charge in [0.15, 0.2) is 0 Å². The maximum atomic E-state index is 4.28. The van der Waals surface area contributed by atoms with Crippen molar-refractivity contribution in [3.8, 4) is 0 Å². The Morgan fingerprint density at radius 3 is 2.88 bits per heavy atom. The summed E-state index contributed by atoms with van der Waals surface area (Å²) in [7, 11) is 0. The molecule has 0 bridgehead atoms. The van der Waals surface area contributed by atoms with Gasteiger partial charge in [-0.05, 0) is 31.7 Å². The summed E-state index contributed by atoms with van der Waals surface area (Å²) in [6, 6.07) is 0. The van der Waals surface area contributed by atoms with Crippen molar-refractivity contribution in [2.45, 2.75) is 33.6 Å². The van der Waals surface area contributed by atoms with Gasteiger partial charge in [0, 0.05) is 11.4 Å². The molecule has 90 valence electrons. The Labute approximate surface area is 103 Å². The number of hydrogen-bond acceptors (Lipinski definition) is 3. The highest BCUT2D eigenvalue weighted by Gasteiger charge is 2.20. The van der Waals surface area contributed by atoms with E-state index in [1.54, 1.807) is 11.3 Å². The Morgan fingerprint density at radius 1 is 1.62 bits per heavy atom. The van der Waals surface area contributed by atoms with Gasteiger partial charge < -0.3 is 5.32 Å². The van der Waals surface area contributed by atoms with E-state index >= 15 is 0 Å². The molecule has 0 aliphatic carbocycles. The van der Waals surface area contributed by atoms with Gasteiger partial charge in [0.25, 0.3) is 0 Å². The molecule has 0 saturated heterocycles. The van der Waals surface area contributed by atoms with Crippen LogP contribution < -0.4 is 5.32 Å². The third-order valence-electron chi connectivity index (χ3n) is 3.04. The minimum atomic E-state index is 0.187. The van der Waals surface area contributed by atoms with E-state index in [9.17, 15) is 0 Å². The van der Waals surface area contributed by atoms with Crippen LogP contribution in [-0.4, -0.2) is 18.1 Å². The van der Waals surface area contributed by atoms with E-state index < -0.39 is 0 Å². The first kappa shape index (κ1) is 13.4. The van der Waals surface area contributed by atoms with Crippen molar-refractivity contribution in [2.24, 2.45) is 5.41 Å². The fraction of sp³-hybridized carbons (Fsp3) is 0.615. The van der Waals surface area contributed by atoms with E-state index in [1.807, 2.05) is 5.51 Å². The van der Waals surface area contributed by atoms with Gasteiger partial charge in [-0.3, -0.25) is 0 Å². The van der Waals surface area contributed by atoms with Crippen LogP contribution in [0.5, 0.6) is 0 Å². The fourth-order valence-electron chi connectivity index (χ4n) is 1.64. The molecule has 0 fully saturated rings. The molecular weight excluding hydrogens is 216 g/mol. The van der Waals surface area contributed by atoms with E-state index in [4.69, 9.17) is 0 Å². The summed E-state index contributed by atoms with van der Waals surface area (Å²) in [5.74, 6) is 0. The van der Waals surface area contributed by atoms with Crippen molar-refractivity contribution in [1.82, 2.24) is 10.3 Å². The molecule has 1 rings (SSSR count). The van der Waals surface area contributed by atoms with Gasteiger partial charge >= 0.3 is 0 Å². The van der Waals surface area contributed by atoms with Gasteiger partial charge in [0.2, 0.25) is 0 Å². The average molecular weight is 238 g/mol. The highest BCUT2D eigenvalue weighted by molar-refractivity contribution is 7.09. The third-order valence-corrected chi connectivity index (χ3v) is 4.03. The van der Waals surface area contributed by atoms with Crippen LogP contribution in [0.25, 0.3) is 0 Å². The van der Waals surface area contributed by atoms with Crippen molar-refractivity contribution < 1.29 is 0 Å². The monoisotopic (exact) mass is 238 g/mol. The Kier molecular flexibility index (Phi) is 5.16. The molecule has 3 heteroatoms. The number of thiazole rings is 1. The third kappa shape index (κ3) is 3.72. The molecule has 0 aliphatic rings. The second kappa shape index (κ2) is 6.16. The number of nitrogens with one attached hydrogen (secondary N) is 1. The molecule has 1 aromatic heterocycles. The normalized spacial score (nSPS) is 14.7. The van der Waals surface area contributed by atoms with Crippen molar-refractivity contribution >= 4 is 11.3 Å². The van der Waals surface area contributed by atoms with Crippen molar-refractivity contribution in [1.29, 1.82) is 0 Å². The maximum Gasteiger partial charge on any atom is 0.0797 e. The largest absolute Gasteiger partial charge is 0.316 e. The molecule has 16 heavy (non-hydrogen) atoms. The quantitative estimate of drug-likeness (QED) is 0.738. The lowest BCUT2D eigenvalue weighted by atomic mass is 9.85. The van der Waals surface area contributed by atoms with Gasteiger partial charge in [-0.25, -0.2) is 4.98 Å². The average Bonchev–Trinajstić information content (AvgIpc) is 2.70. The lowest BCUT2D eigenvalue weighted by molar-refractivity contribution is 0.369. The molecule has 0 radical (unpaired) electrons. The zero-order valence-electron chi connectivity index (χ0n) is 10.5. The summed E-state index contributed by atoms with van der Waals surface area (Å²) in [4.78, 5) is 5.69. The number of hydrogen-bond donors (Lipinski definition) is 1. The Morgan fingerprint density at radius 2 is 2.38 bits per heavy atom. The first-order valence-corrected chi connectivity index (χ1v) is 6.72. The molecule has 1 heterocycles. The zero-order valence-corrected chi connectivity index (χ0v) is 11.4. The molecule has 0 spiro atoms. The summed E-state index contributed by atoms with van der Waals surface area (Å²) in [5.41, 5.74) is 3.30. The van der Waals surface area contributed by atoms with E-state index in [1.165, 1.54) is 10.6 Å². The highest BCUT2D eigenvalue weighted by atomic mass is 32.1. The van der Waals surface area contributed by atoms with Crippen molar-refractivity contribution in [3.05, 3.63) is 28.7 Å². The number of nitrogens with zero attached hydrogens (tertiary/aromatic N) is 1. The Hall–Kier alpha value is -0.670. The second-order valence-corrected chi connectivity index (χ2v) is 5.44. The minimum Gasteiger partial charge on any atom is -0.316 e. The SMILES string of the molecule is C=CC(C)(CCc1scnc1C)CNCC. The molecule has 1 atom stereocenters. The first-order valence-electron chi connectivity index (χ1n) is 5.84. The molecule has 0 aliphatic heterocycles. The summed E-state index contributed by atoms with van der Waals surface area (Å²) >= 11 is 1.76. The zero-order chi connectivity index (χ0) is 12.0. The van der Waals surface area contributed by atoms with Crippen LogP contribution in [-0.2, 0) is 6.42 Å². The number of aryl methyl sites for hydroxylation is 2. The van der Waals surface area contributed by atoms with Crippen LogP contribution in [0.15, 0.2) is 18.2 Å². The van der Waals surface area contributed by atoms with E-state index in [-0.39, 0.29) is 5.41 Å². The van der Waals surface area contributed by atoms with Gasteiger partial charge in [-0.2, -0.15) is 0 Å². The van der Waals surface area contributed by atoms with Crippen molar-refractivity contribution in [3.63, 3.8) is 0 Å². The molecule has 1 unspecified atom stereocenters. The van der Waals surface area contributed by atoms with Gasteiger partial charge in [0.1, 0.15) is 0 Å². The van der Waals surface area contributed by atoms with E-state index in [0.29, 0.717) is 0 Å². The topological polar surface area (TPSA) is 24.9 Å². The lowest BCUT2D eigenvalue weighted by Crippen LogP contribution is -2.30. The highest BCUT2D eigenvalue weighted by Crippen LogP contribution is 2.26. The predicted octanol–water partition coefficient (Wildman–Crippen LogP) is 3.19. The molecular formula is C13H22N2S. The fourth-order valence-corrected chi connectivity index (χ4v) is 2.42. The maximum absolute atomic E-state index is 4.28. The van der Waals surface area contributed by atoms with Crippen LogP contribution in [0.1, 0.15) is 30.8 Å². The van der Waals surface area contributed by atoms with Crippen LogP contribution in [0.3, 0.4) is 0 Å². The molecule has 2 nitrogen and oxygen atoms in total. The van der Waals surface area contributed by atoms with Gasteiger partial charge in [-0.15, -0.1) is 17.9 Å². The summed E-state index contributed by atoms with van der Waals surface area (Å²) in [6.45, 7) is 12.5. The van der Waals surface area contributed by atoms with Crippen LogP contribution in [0, 0.1) is 12.3 Å². The predicted molar refractivity (Wildman–Crippen MR) is 72.0 cm³/mol. The molecule has 0 amide bonds. The van der Waals surface area contributed by atoms with E-state index in [0.717, 1.165) is 25.9 Å². The van der Waals surface area contributed by atoms with Crippen LogP contribution >= 0.6 is 11.3 Å². The van der Waals surface area contributed by atoms with Gasteiger partial charge in [0.05, 0.1) is 11.2 Å². The van der Waals surface area contributed by atoms with Crippen LogP contribution in [0.4, 0.5) is 0 Å². The number of rotatable bonds is 7. The molecule has 1 N–H and O–H groups in total. The summed E-state index contributed by atoms with van der Waals surface area (Å²) < 4.78 is 0. The Bertz CT molecular complexity index is 332. The smallest absolute Gasteiger partial charge is 0.0797 e. The van der Waals surface area contributed by atoms with E-state index in [2.05, 4.69) is 43.7 Å². The molecule has 0 aromatic carbocycles. The standard InChI is InChI=1S/C13H22N2S/c1-5-13(4,9-14-6-2)8-7-12-11(3)15-10-16-12/h5,10,14H,1,6-9H2,2-4H3. The number of aromatic nitrogens is 1. The summed E-state index contributed by atoms with van der Waals surface area (Å²) in [6.07, 6.45) is 4.31. The van der Waals surface area contributed by atoms with Gasteiger partial charge in [-0.1, -0.05) is 19.9 Å². The lowest BCUT2D eigenvalue weighted by Gasteiger charge is -2.25. The summed E-state index contributed by atoms with van der Waals surface area (Å²) in [5, 5.41) is 3.40.